The van der Waals surface area contributed by atoms with Gasteiger partial charge in [0.25, 0.3) is 0 Å². The number of anilines is 1. The van der Waals surface area contributed by atoms with Crippen molar-refractivity contribution in [2.45, 2.75) is 30.3 Å². The number of ether oxygens (including phenoxy) is 1. The van der Waals surface area contributed by atoms with Gasteiger partial charge in [0.2, 0.25) is 0 Å². The number of alkyl halides is 3. The number of aryl methyl sites for hydroxylation is 2. The van der Waals surface area contributed by atoms with E-state index in [9.17, 15) is 13.2 Å². The van der Waals surface area contributed by atoms with Crippen LogP contribution in [0.1, 0.15) is 34.7 Å². The molecular weight excluding hydrogens is 473 g/mol. The highest BCUT2D eigenvalue weighted by Crippen LogP contribution is 2.44. The lowest BCUT2D eigenvalue weighted by atomic mass is 9.83. The minimum atomic E-state index is -4.43. The smallest absolute Gasteiger partial charge is 0.416 e. The van der Waals surface area contributed by atoms with E-state index in [4.69, 9.17) is 4.74 Å². The van der Waals surface area contributed by atoms with Crippen LogP contribution in [0.4, 0.5) is 19.0 Å². The molecule has 0 spiro atoms. The second kappa shape index (κ2) is 9.30. The number of rotatable bonds is 5. The van der Waals surface area contributed by atoms with Crippen LogP contribution in [0.5, 0.6) is 5.75 Å². The molecule has 2 aromatic heterocycles. The molecule has 1 atom stereocenters. The largest absolute Gasteiger partial charge is 0.493 e. The monoisotopic (exact) mass is 496 g/mol. The van der Waals surface area contributed by atoms with Gasteiger partial charge < -0.3 is 9.46 Å². The van der Waals surface area contributed by atoms with Crippen LogP contribution in [-0.4, -0.2) is 21.4 Å². The highest BCUT2D eigenvalue weighted by atomic mass is 32.2. The van der Waals surface area contributed by atoms with E-state index in [2.05, 4.69) is 14.8 Å². The van der Waals surface area contributed by atoms with Gasteiger partial charge in [-0.1, -0.05) is 18.2 Å². The van der Waals surface area contributed by atoms with Gasteiger partial charge in [-0.2, -0.15) is 18.3 Å². The normalized spacial score (nSPS) is 15.4. The van der Waals surface area contributed by atoms with E-state index in [1.807, 2.05) is 43.3 Å². The van der Waals surface area contributed by atoms with E-state index in [-0.39, 0.29) is 5.92 Å². The summed E-state index contributed by atoms with van der Waals surface area (Å²) in [6.45, 7) is 2.41. The fourth-order valence-corrected chi connectivity index (χ4v) is 5.00. The average Bonchev–Trinajstić information content (AvgIpc) is 3.27. The van der Waals surface area contributed by atoms with Crippen LogP contribution in [0, 0.1) is 6.92 Å². The van der Waals surface area contributed by atoms with Gasteiger partial charge in [0.15, 0.2) is 0 Å². The third-order valence-electron chi connectivity index (χ3n) is 6.04. The third kappa shape index (κ3) is 4.86. The Labute approximate surface area is 205 Å². The minimum absolute atomic E-state index is 0.101. The zero-order valence-electron chi connectivity index (χ0n) is 19.1. The van der Waals surface area contributed by atoms with E-state index in [0.717, 1.165) is 39.4 Å². The molecule has 1 aliphatic rings. The van der Waals surface area contributed by atoms with Crippen LogP contribution in [0.3, 0.4) is 0 Å². The molecule has 0 saturated carbocycles. The Morgan fingerprint density at radius 3 is 2.63 bits per heavy atom. The summed E-state index contributed by atoms with van der Waals surface area (Å²) in [5.74, 6) is 1.40. The quantitative estimate of drug-likeness (QED) is 0.307. The first-order valence-electron chi connectivity index (χ1n) is 11.1. The second-order valence-electron chi connectivity index (χ2n) is 8.40. The fourth-order valence-electron chi connectivity index (χ4n) is 4.36. The minimum Gasteiger partial charge on any atom is -0.493 e. The molecule has 3 heterocycles. The van der Waals surface area contributed by atoms with Crippen LogP contribution in [0.25, 0.3) is 11.3 Å². The van der Waals surface area contributed by atoms with Crippen molar-refractivity contribution in [3.8, 4) is 17.0 Å². The average molecular weight is 497 g/mol. The number of pyridine rings is 1. The van der Waals surface area contributed by atoms with Gasteiger partial charge in [0.05, 0.1) is 17.9 Å². The van der Waals surface area contributed by atoms with Crippen molar-refractivity contribution in [1.29, 1.82) is 0 Å². The molecular formula is C26H23F3N4OS. The summed E-state index contributed by atoms with van der Waals surface area (Å²) < 4.78 is 51.4. The standard InChI is InChI=1S/C26H23F3N4OS/c1-16-4-3-5-25(31-16)32-35-18-7-9-21-20(11-13-34-24(21)15-18)19-8-6-17(26(27,28)29)14-22(19)23-10-12-30-33(23)2/h3-10,12,14-15,20H,11,13H2,1-2H3,(H,31,32). The van der Waals surface area contributed by atoms with Gasteiger partial charge in [-0.3, -0.25) is 4.68 Å². The lowest BCUT2D eigenvalue weighted by Gasteiger charge is -2.28. The topological polar surface area (TPSA) is 52.0 Å². The van der Waals surface area contributed by atoms with Crippen LogP contribution >= 0.6 is 11.9 Å². The predicted molar refractivity (Wildman–Crippen MR) is 130 cm³/mol. The molecule has 0 bridgehead atoms. The van der Waals surface area contributed by atoms with Crippen molar-refractivity contribution in [2.24, 2.45) is 7.05 Å². The molecule has 0 amide bonds. The van der Waals surface area contributed by atoms with Crippen molar-refractivity contribution in [3.05, 3.63) is 89.2 Å². The lowest BCUT2D eigenvalue weighted by molar-refractivity contribution is -0.137. The number of fused-ring (bicyclic) bond motifs is 1. The van der Waals surface area contributed by atoms with E-state index in [1.165, 1.54) is 18.0 Å². The molecule has 2 aromatic carbocycles. The maximum absolute atomic E-state index is 13.5. The first kappa shape index (κ1) is 23.3. The van der Waals surface area contributed by atoms with Crippen LogP contribution in [0.2, 0.25) is 0 Å². The van der Waals surface area contributed by atoms with Gasteiger partial charge in [0, 0.05) is 40.9 Å². The van der Waals surface area contributed by atoms with Crippen molar-refractivity contribution < 1.29 is 17.9 Å². The summed E-state index contributed by atoms with van der Waals surface area (Å²) in [4.78, 5) is 5.39. The van der Waals surface area contributed by atoms with Crippen LogP contribution in [0.15, 0.2) is 71.8 Å². The zero-order chi connectivity index (χ0) is 24.6. The van der Waals surface area contributed by atoms with Crippen molar-refractivity contribution >= 4 is 17.8 Å². The Hall–Kier alpha value is -3.46. The summed E-state index contributed by atoms with van der Waals surface area (Å²) in [6, 6.07) is 17.4. The number of halogens is 3. The summed E-state index contributed by atoms with van der Waals surface area (Å²) in [7, 11) is 1.73. The van der Waals surface area contributed by atoms with Gasteiger partial charge in [-0.05, 0) is 73.3 Å². The first-order chi connectivity index (χ1) is 16.8. The SMILES string of the molecule is Cc1cccc(NSc2ccc3c(c2)OCCC3c2ccc(C(F)(F)F)cc2-c2ccnn2C)n1. The van der Waals surface area contributed by atoms with Crippen LogP contribution < -0.4 is 9.46 Å². The molecule has 5 rings (SSSR count). The zero-order valence-corrected chi connectivity index (χ0v) is 20.0. The molecule has 180 valence electrons. The molecule has 1 N–H and O–H groups in total. The number of hydrogen-bond acceptors (Lipinski definition) is 5. The molecule has 9 heteroatoms. The highest BCUT2D eigenvalue weighted by molar-refractivity contribution is 8.00. The van der Waals surface area contributed by atoms with Gasteiger partial charge in [-0.25, -0.2) is 4.98 Å². The third-order valence-corrected chi connectivity index (χ3v) is 6.84. The Bertz CT molecular complexity index is 1370. The Balaban J connectivity index is 1.49. The summed E-state index contributed by atoms with van der Waals surface area (Å²) in [6.07, 6.45) is -2.16. The van der Waals surface area contributed by atoms with Gasteiger partial charge in [-0.15, -0.1) is 0 Å². The number of nitrogens with zero attached hydrogens (tertiary/aromatic N) is 3. The Morgan fingerprint density at radius 2 is 1.89 bits per heavy atom. The molecule has 1 aliphatic heterocycles. The lowest BCUT2D eigenvalue weighted by Crippen LogP contribution is -2.17. The molecule has 4 aromatic rings. The molecule has 5 nitrogen and oxygen atoms in total. The van der Waals surface area contributed by atoms with E-state index in [1.54, 1.807) is 30.1 Å². The summed E-state index contributed by atoms with van der Waals surface area (Å²) in [5, 5.41) is 4.17. The maximum Gasteiger partial charge on any atom is 0.416 e. The molecule has 1 unspecified atom stereocenters. The van der Waals surface area contributed by atoms with Crippen molar-refractivity contribution in [1.82, 2.24) is 14.8 Å². The summed E-state index contributed by atoms with van der Waals surface area (Å²) >= 11 is 1.43. The van der Waals surface area contributed by atoms with E-state index in [0.29, 0.717) is 24.3 Å². The summed E-state index contributed by atoms with van der Waals surface area (Å²) in [5.41, 5.74) is 3.20. The predicted octanol–water partition coefficient (Wildman–Crippen LogP) is 6.84. The molecule has 0 saturated heterocycles. The van der Waals surface area contributed by atoms with Gasteiger partial charge in [0.1, 0.15) is 11.6 Å². The molecule has 0 radical (unpaired) electrons. The highest BCUT2D eigenvalue weighted by Gasteiger charge is 2.33. The van der Waals surface area contributed by atoms with Crippen LogP contribution in [-0.2, 0) is 13.2 Å². The Morgan fingerprint density at radius 1 is 1.06 bits per heavy atom. The number of hydrogen-bond donors (Lipinski definition) is 1. The van der Waals surface area contributed by atoms with Crippen molar-refractivity contribution in [3.63, 3.8) is 0 Å². The number of nitrogens with one attached hydrogen (secondary N) is 1. The fraction of sp³-hybridized carbons (Fsp3) is 0.231. The Kier molecular flexibility index (Phi) is 6.19. The number of benzene rings is 2. The maximum atomic E-state index is 13.5. The second-order valence-corrected chi connectivity index (χ2v) is 9.28. The van der Waals surface area contributed by atoms with Crippen molar-refractivity contribution in [2.75, 3.05) is 11.3 Å². The van der Waals surface area contributed by atoms with Gasteiger partial charge >= 0.3 is 6.18 Å². The first-order valence-corrected chi connectivity index (χ1v) is 11.9. The van der Waals surface area contributed by atoms with E-state index >= 15 is 0 Å². The molecule has 0 aliphatic carbocycles. The molecule has 35 heavy (non-hydrogen) atoms. The molecule has 0 fully saturated rings. The van der Waals surface area contributed by atoms with E-state index < -0.39 is 11.7 Å². The number of aromatic nitrogens is 3.